The second-order valence-corrected chi connectivity index (χ2v) is 5.78. The summed E-state index contributed by atoms with van der Waals surface area (Å²) in [6.07, 6.45) is 2.97. The van der Waals surface area contributed by atoms with Crippen LogP contribution in [0.3, 0.4) is 0 Å². The number of ether oxygens (including phenoxy) is 2. The Bertz CT molecular complexity index is 476. The zero-order valence-electron chi connectivity index (χ0n) is 12.0. The van der Waals surface area contributed by atoms with Gasteiger partial charge in [0, 0.05) is 6.54 Å². The summed E-state index contributed by atoms with van der Waals surface area (Å²) < 4.78 is 10.5. The maximum absolute atomic E-state index is 11.8. The lowest BCUT2D eigenvalue weighted by molar-refractivity contribution is -0.148. The van der Waals surface area contributed by atoms with Gasteiger partial charge in [0.15, 0.2) is 5.75 Å². The summed E-state index contributed by atoms with van der Waals surface area (Å²) in [5, 5.41) is 0.983. The molecule has 0 unspecified atom stereocenters. The van der Waals surface area contributed by atoms with Crippen LogP contribution < -0.4 is 4.74 Å². The van der Waals surface area contributed by atoms with Gasteiger partial charge in [0.05, 0.1) is 17.2 Å². The van der Waals surface area contributed by atoms with Gasteiger partial charge >= 0.3 is 5.97 Å². The van der Waals surface area contributed by atoms with Crippen molar-refractivity contribution in [2.45, 2.75) is 25.3 Å². The Kier molecular flexibility index (Phi) is 6.15. The van der Waals surface area contributed by atoms with E-state index in [4.69, 9.17) is 32.7 Å². The van der Waals surface area contributed by atoms with Crippen LogP contribution in [0.1, 0.15) is 19.3 Å². The number of hydrogen-bond donors (Lipinski definition) is 0. The summed E-state index contributed by atoms with van der Waals surface area (Å²) in [5.74, 6) is 0.318. The van der Waals surface area contributed by atoms with Gasteiger partial charge in [-0.05, 0) is 31.5 Å². The number of para-hydroxylation sites is 1. The van der Waals surface area contributed by atoms with Crippen molar-refractivity contribution in [3.05, 3.63) is 28.2 Å². The first-order valence-electron chi connectivity index (χ1n) is 7.02. The fraction of sp³-hybridized carbons (Fsp3) is 0.533. The number of carbonyl (C=O) groups excluding carboxylic acids is 1. The lowest BCUT2D eigenvalue weighted by atomic mass is 10.0. The van der Waals surface area contributed by atoms with Crippen molar-refractivity contribution in [1.82, 2.24) is 4.90 Å². The number of rotatable bonds is 5. The quantitative estimate of drug-likeness (QED) is 0.775. The Hall–Kier alpha value is -0.970. The van der Waals surface area contributed by atoms with Crippen LogP contribution in [-0.2, 0) is 9.53 Å². The van der Waals surface area contributed by atoms with E-state index in [1.54, 1.807) is 18.2 Å². The van der Waals surface area contributed by atoms with Gasteiger partial charge < -0.3 is 9.47 Å². The fourth-order valence-electron chi connectivity index (χ4n) is 2.55. The van der Waals surface area contributed by atoms with Crippen molar-refractivity contribution >= 4 is 29.2 Å². The summed E-state index contributed by atoms with van der Waals surface area (Å²) in [6.45, 7) is 1.94. The maximum atomic E-state index is 11.8. The standard InChI is InChI=1S/C15H19Cl2NO3/c1-20-15(19)13-7-2-3-8-18(13)9-10-21-14-11(16)5-4-6-12(14)17/h4-6,13H,2-3,7-10H2,1H3/t13-/m1/s1. The number of esters is 1. The molecule has 1 aliphatic rings. The number of likely N-dealkylation sites (tertiary alicyclic amines) is 1. The SMILES string of the molecule is COC(=O)[C@H]1CCCCN1CCOc1c(Cl)cccc1Cl. The second kappa shape index (κ2) is 7.87. The molecule has 0 saturated carbocycles. The molecule has 0 radical (unpaired) electrons. The lowest BCUT2D eigenvalue weighted by Gasteiger charge is -2.33. The molecular weight excluding hydrogens is 313 g/mol. The predicted octanol–water partition coefficient (Wildman–Crippen LogP) is 3.40. The number of methoxy groups -OCH3 is 1. The minimum Gasteiger partial charge on any atom is -0.489 e. The Morgan fingerprint density at radius 2 is 2.05 bits per heavy atom. The van der Waals surface area contributed by atoms with E-state index >= 15 is 0 Å². The van der Waals surface area contributed by atoms with E-state index in [-0.39, 0.29) is 12.0 Å². The molecule has 0 bridgehead atoms. The van der Waals surface area contributed by atoms with Crippen LogP contribution >= 0.6 is 23.2 Å². The highest BCUT2D eigenvalue weighted by atomic mass is 35.5. The van der Waals surface area contributed by atoms with Crippen LogP contribution in [0.15, 0.2) is 18.2 Å². The summed E-state index contributed by atoms with van der Waals surface area (Å²) >= 11 is 12.1. The fourth-order valence-corrected chi connectivity index (χ4v) is 3.05. The number of hydrogen-bond acceptors (Lipinski definition) is 4. The van der Waals surface area contributed by atoms with Crippen LogP contribution in [0.2, 0.25) is 10.0 Å². The van der Waals surface area contributed by atoms with E-state index in [9.17, 15) is 4.79 Å². The van der Waals surface area contributed by atoms with Crippen molar-refractivity contribution in [1.29, 1.82) is 0 Å². The third kappa shape index (κ3) is 4.25. The number of benzene rings is 1. The van der Waals surface area contributed by atoms with Gasteiger partial charge in [-0.1, -0.05) is 35.7 Å². The molecular formula is C15H19Cl2NO3. The van der Waals surface area contributed by atoms with E-state index < -0.39 is 0 Å². The van der Waals surface area contributed by atoms with Gasteiger partial charge in [0.25, 0.3) is 0 Å². The zero-order chi connectivity index (χ0) is 15.2. The summed E-state index contributed by atoms with van der Waals surface area (Å²) in [5.41, 5.74) is 0. The molecule has 1 heterocycles. The van der Waals surface area contributed by atoms with Gasteiger partial charge in [-0.25, -0.2) is 0 Å². The average Bonchev–Trinajstić information content (AvgIpc) is 2.50. The van der Waals surface area contributed by atoms with Gasteiger partial charge in [-0.3, -0.25) is 9.69 Å². The zero-order valence-corrected chi connectivity index (χ0v) is 13.5. The smallest absolute Gasteiger partial charge is 0.323 e. The Morgan fingerprint density at radius 3 is 2.71 bits per heavy atom. The molecule has 6 heteroatoms. The van der Waals surface area contributed by atoms with Crippen molar-refractivity contribution in [3.8, 4) is 5.75 Å². The molecule has 0 amide bonds. The lowest BCUT2D eigenvalue weighted by Crippen LogP contribution is -2.46. The molecule has 116 valence electrons. The minimum absolute atomic E-state index is 0.172. The number of piperidine rings is 1. The van der Waals surface area contributed by atoms with E-state index in [0.29, 0.717) is 28.9 Å². The topological polar surface area (TPSA) is 38.8 Å². The van der Waals surface area contributed by atoms with E-state index in [0.717, 1.165) is 25.8 Å². The summed E-state index contributed by atoms with van der Waals surface area (Å²) in [7, 11) is 1.43. The largest absolute Gasteiger partial charge is 0.489 e. The normalized spacial score (nSPS) is 19.3. The average molecular weight is 332 g/mol. The third-order valence-electron chi connectivity index (χ3n) is 3.63. The van der Waals surface area contributed by atoms with Crippen LogP contribution in [0, 0.1) is 0 Å². The Balaban J connectivity index is 1.91. The molecule has 1 atom stereocenters. The molecule has 4 nitrogen and oxygen atoms in total. The van der Waals surface area contributed by atoms with Crippen LogP contribution in [0.4, 0.5) is 0 Å². The Morgan fingerprint density at radius 1 is 1.33 bits per heavy atom. The number of nitrogens with zero attached hydrogens (tertiary/aromatic N) is 1. The molecule has 21 heavy (non-hydrogen) atoms. The van der Waals surface area contributed by atoms with Crippen molar-refractivity contribution in [2.75, 3.05) is 26.8 Å². The van der Waals surface area contributed by atoms with E-state index in [2.05, 4.69) is 4.90 Å². The molecule has 0 aliphatic carbocycles. The van der Waals surface area contributed by atoms with E-state index in [1.165, 1.54) is 7.11 Å². The van der Waals surface area contributed by atoms with Crippen molar-refractivity contribution < 1.29 is 14.3 Å². The molecule has 1 fully saturated rings. The monoisotopic (exact) mass is 331 g/mol. The van der Waals surface area contributed by atoms with Crippen LogP contribution in [-0.4, -0.2) is 43.7 Å². The minimum atomic E-state index is -0.175. The van der Waals surface area contributed by atoms with Gasteiger partial charge in [0.2, 0.25) is 0 Å². The summed E-state index contributed by atoms with van der Waals surface area (Å²) in [6, 6.07) is 5.08. The second-order valence-electron chi connectivity index (χ2n) is 4.97. The first-order valence-corrected chi connectivity index (χ1v) is 7.77. The highest BCUT2D eigenvalue weighted by Gasteiger charge is 2.29. The highest BCUT2D eigenvalue weighted by Crippen LogP contribution is 2.32. The molecule has 1 aromatic rings. The highest BCUT2D eigenvalue weighted by molar-refractivity contribution is 6.37. The predicted molar refractivity (Wildman–Crippen MR) is 83.2 cm³/mol. The van der Waals surface area contributed by atoms with Gasteiger partial charge in [0.1, 0.15) is 12.6 Å². The van der Waals surface area contributed by atoms with Gasteiger partial charge in [-0.2, -0.15) is 0 Å². The summed E-state index contributed by atoms with van der Waals surface area (Å²) in [4.78, 5) is 13.9. The Labute approximate surface area is 134 Å². The first-order chi connectivity index (χ1) is 10.1. The number of halogens is 2. The van der Waals surface area contributed by atoms with Gasteiger partial charge in [-0.15, -0.1) is 0 Å². The molecule has 1 aliphatic heterocycles. The first kappa shape index (κ1) is 16.4. The van der Waals surface area contributed by atoms with Crippen molar-refractivity contribution in [2.24, 2.45) is 0 Å². The molecule has 0 spiro atoms. The molecule has 2 rings (SSSR count). The molecule has 1 saturated heterocycles. The molecule has 0 aromatic heterocycles. The third-order valence-corrected chi connectivity index (χ3v) is 4.23. The number of carbonyl (C=O) groups is 1. The van der Waals surface area contributed by atoms with Crippen LogP contribution in [0.5, 0.6) is 5.75 Å². The van der Waals surface area contributed by atoms with Crippen molar-refractivity contribution in [3.63, 3.8) is 0 Å². The van der Waals surface area contributed by atoms with Crippen LogP contribution in [0.25, 0.3) is 0 Å². The maximum Gasteiger partial charge on any atom is 0.323 e. The van der Waals surface area contributed by atoms with E-state index in [1.807, 2.05) is 0 Å². The molecule has 1 aromatic carbocycles. The molecule has 0 N–H and O–H groups in total.